The predicted molar refractivity (Wildman–Crippen MR) is 128 cm³/mol. The molecule has 3 rings (SSSR count). The van der Waals surface area contributed by atoms with Crippen LogP contribution in [-0.2, 0) is 13.0 Å². The van der Waals surface area contributed by atoms with Crippen molar-refractivity contribution in [1.82, 2.24) is 0 Å². The van der Waals surface area contributed by atoms with Gasteiger partial charge < -0.3 is 4.74 Å². The lowest BCUT2D eigenvalue weighted by atomic mass is 10.0. The number of ether oxygens (including phenoxy) is 1. The Morgan fingerprint density at radius 3 is 1.86 bits per heavy atom. The highest BCUT2D eigenvalue weighted by molar-refractivity contribution is 5.65. The van der Waals surface area contributed by atoms with Crippen LogP contribution in [0.5, 0.6) is 5.75 Å². The molecule has 0 amide bonds. The van der Waals surface area contributed by atoms with Gasteiger partial charge in [0.2, 0.25) is 0 Å². The van der Waals surface area contributed by atoms with Crippen LogP contribution in [-0.4, -0.2) is 0 Å². The summed E-state index contributed by atoms with van der Waals surface area (Å²) < 4.78 is 5.88. The minimum atomic E-state index is 0.610. The van der Waals surface area contributed by atoms with Crippen LogP contribution in [0.15, 0.2) is 84.9 Å². The van der Waals surface area contributed by atoms with Crippen molar-refractivity contribution in [2.75, 3.05) is 0 Å². The van der Waals surface area contributed by atoms with Gasteiger partial charge in [0, 0.05) is 0 Å². The lowest BCUT2D eigenvalue weighted by Crippen LogP contribution is -1.96. The Morgan fingerprint density at radius 1 is 0.828 bits per heavy atom. The van der Waals surface area contributed by atoms with Gasteiger partial charge in [-0.3, -0.25) is 0 Å². The third-order valence-corrected chi connectivity index (χ3v) is 4.44. The lowest BCUT2D eigenvalue weighted by molar-refractivity contribution is 0.306. The first-order valence-electron chi connectivity index (χ1n) is 10.6. The molecule has 3 aromatic carbocycles. The van der Waals surface area contributed by atoms with E-state index in [1.165, 1.54) is 27.8 Å². The molecule has 0 saturated carbocycles. The van der Waals surface area contributed by atoms with E-state index >= 15 is 0 Å². The molecule has 0 spiro atoms. The fraction of sp³-hybridized carbons (Fsp3) is 0.286. The van der Waals surface area contributed by atoms with Crippen LogP contribution in [0.2, 0.25) is 0 Å². The van der Waals surface area contributed by atoms with Crippen molar-refractivity contribution in [3.8, 4) is 5.75 Å². The third kappa shape index (κ3) is 9.30. The molecule has 0 aliphatic rings. The first-order valence-corrected chi connectivity index (χ1v) is 10.6. The van der Waals surface area contributed by atoms with Gasteiger partial charge in [0.25, 0.3) is 0 Å². The van der Waals surface area contributed by atoms with Gasteiger partial charge in [-0.1, -0.05) is 93.6 Å². The molecule has 0 aliphatic carbocycles. The van der Waals surface area contributed by atoms with Crippen LogP contribution in [0.25, 0.3) is 5.57 Å². The SMILES string of the molecule is C/C=C(/C)c1cc(C)cc(OCc2ccccc2)c1.CC.CCc1ccccc1. The monoisotopic (exact) mass is 388 g/mol. The average Bonchev–Trinajstić information content (AvgIpc) is 2.80. The summed E-state index contributed by atoms with van der Waals surface area (Å²) in [5.74, 6) is 0.931. The summed E-state index contributed by atoms with van der Waals surface area (Å²) in [5, 5.41) is 0. The molecule has 3 aromatic rings. The van der Waals surface area contributed by atoms with Crippen molar-refractivity contribution in [2.45, 2.75) is 54.6 Å². The summed E-state index contributed by atoms with van der Waals surface area (Å²) in [7, 11) is 0. The second-order valence-electron chi connectivity index (χ2n) is 6.62. The Morgan fingerprint density at radius 2 is 1.38 bits per heavy atom. The van der Waals surface area contributed by atoms with E-state index in [1.54, 1.807) is 0 Å². The molecule has 0 atom stereocenters. The quantitative estimate of drug-likeness (QED) is 0.427. The molecule has 0 N–H and O–H groups in total. The molecule has 1 heteroatoms. The molecule has 0 unspecified atom stereocenters. The molecule has 0 saturated heterocycles. The fourth-order valence-corrected chi connectivity index (χ4v) is 2.68. The Hall–Kier alpha value is -2.80. The zero-order valence-electron chi connectivity index (χ0n) is 18.9. The molecular weight excluding hydrogens is 352 g/mol. The molecule has 0 radical (unpaired) electrons. The molecular formula is C28H36O. The van der Waals surface area contributed by atoms with E-state index < -0.39 is 0 Å². The number of hydrogen-bond donors (Lipinski definition) is 0. The average molecular weight is 389 g/mol. The molecule has 1 nitrogen and oxygen atoms in total. The predicted octanol–water partition coefficient (Wildman–Crippen LogP) is 8.27. The second-order valence-corrected chi connectivity index (χ2v) is 6.62. The van der Waals surface area contributed by atoms with Crippen molar-refractivity contribution in [2.24, 2.45) is 0 Å². The van der Waals surface area contributed by atoms with E-state index in [9.17, 15) is 0 Å². The highest BCUT2D eigenvalue weighted by Crippen LogP contribution is 2.23. The summed E-state index contributed by atoms with van der Waals surface area (Å²) >= 11 is 0. The van der Waals surface area contributed by atoms with Crippen molar-refractivity contribution >= 4 is 5.57 Å². The van der Waals surface area contributed by atoms with Crippen molar-refractivity contribution in [1.29, 1.82) is 0 Å². The number of allylic oxidation sites excluding steroid dienone is 2. The van der Waals surface area contributed by atoms with Gasteiger partial charge in [0.05, 0.1) is 0 Å². The van der Waals surface area contributed by atoms with Gasteiger partial charge >= 0.3 is 0 Å². The molecule has 0 fully saturated rings. The molecule has 0 heterocycles. The minimum Gasteiger partial charge on any atom is -0.489 e. The van der Waals surface area contributed by atoms with E-state index in [1.807, 2.05) is 38.1 Å². The molecule has 29 heavy (non-hydrogen) atoms. The van der Waals surface area contributed by atoms with Crippen molar-refractivity contribution in [3.63, 3.8) is 0 Å². The number of aryl methyl sites for hydroxylation is 2. The van der Waals surface area contributed by atoms with Crippen LogP contribution in [0.4, 0.5) is 0 Å². The lowest BCUT2D eigenvalue weighted by Gasteiger charge is -2.10. The van der Waals surface area contributed by atoms with Gasteiger partial charge in [0.1, 0.15) is 12.4 Å². The molecule has 0 aliphatic heterocycles. The number of rotatable bonds is 5. The Labute approximate surface area is 178 Å². The standard InChI is InChI=1S/C18H20O.C8H10.C2H6/c1-4-15(3)17-10-14(2)11-18(12-17)19-13-16-8-6-5-7-9-16;1-2-8-6-4-3-5-7-8;1-2/h4-12H,13H2,1-3H3;3-7H,2H2,1H3;1-2H3/b15-4-;;. The van der Waals surface area contributed by atoms with Gasteiger partial charge in [0.15, 0.2) is 0 Å². The number of benzene rings is 3. The molecule has 154 valence electrons. The number of hydrogen-bond acceptors (Lipinski definition) is 1. The van der Waals surface area contributed by atoms with E-state index in [-0.39, 0.29) is 0 Å². The Balaban J connectivity index is 0.000000351. The summed E-state index contributed by atoms with van der Waals surface area (Å²) in [6.07, 6.45) is 3.26. The first kappa shape index (κ1) is 24.2. The van der Waals surface area contributed by atoms with Crippen LogP contribution < -0.4 is 4.74 Å². The van der Waals surface area contributed by atoms with E-state index in [4.69, 9.17) is 4.74 Å². The van der Waals surface area contributed by atoms with Gasteiger partial charge in [-0.25, -0.2) is 0 Å². The maximum atomic E-state index is 5.88. The molecule has 0 bridgehead atoms. The normalized spacial score (nSPS) is 10.2. The Bertz CT molecular complexity index is 833. The van der Waals surface area contributed by atoms with Crippen molar-refractivity contribution < 1.29 is 4.74 Å². The summed E-state index contributed by atoms with van der Waals surface area (Å²) in [6.45, 7) is 13.0. The summed E-state index contributed by atoms with van der Waals surface area (Å²) in [4.78, 5) is 0. The first-order chi connectivity index (χ1) is 14.1. The molecule has 0 aromatic heterocycles. The highest BCUT2D eigenvalue weighted by Gasteiger charge is 2.02. The van der Waals surface area contributed by atoms with Crippen LogP contribution in [0.1, 0.15) is 56.9 Å². The maximum Gasteiger partial charge on any atom is 0.120 e. The third-order valence-electron chi connectivity index (χ3n) is 4.44. The largest absolute Gasteiger partial charge is 0.489 e. The van der Waals surface area contributed by atoms with E-state index in [0.29, 0.717) is 6.61 Å². The Kier molecular flexibility index (Phi) is 11.9. The van der Waals surface area contributed by atoms with Crippen LogP contribution in [0.3, 0.4) is 0 Å². The topological polar surface area (TPSA) is 9.23 Å². The zero-order valence-corrected chi connectivity index (χ0v) is 18.9. The van der Waals surface area contributed by atoms with Gasteiger partial charge in [-0.2, -0.15) is 0 Å². The summed E-state index contributed by atoms with van der Waals surface area (Å²) in [6, 6.07) is 27.1. The van der Waals surface area contributed by atoms with Crippen LogP contribution in [0, 0.1) is 6.92 Å². The maximum absolute atomic E-state index is 5.88. The van der Waals surface area contributed by atoms with E-state index in [2.05, 4.69) is 88.4 Å². The second kappa shape index (κ2) is 14.2. The van der Waals surface area contributed by atoms with Crippen LogP contribution >= 0.6 is 0 Å². The van der Waals surface area contributed by atoms with Gasteiger partial charge in [-0.05, 0) is 67.2 Å². The van der Waals surface area contributed by atoms with Crippen molar-refractivity contribution in [3.05, 3.63) is 107 Å². The van der Waals surface area contributed by atoms with E-state index in [0.717, 1.165) is 12.2 Å². The minimum absolute atomic E-state index is 0.610. The zero-order chi connectivity index (χ0) is 21.5. The summed E-state index contributed by atoms with van der Waals surface area (Å²) in [5.41, 5.74) is 6.32. The fourth-order valence-electron chi connectivity index (χ4n) is 2.68. The highest BCUT2D eigenvalue weighted by atomic mass is 16.5. The smallest absolute Gasteiger partial charge is 0.120 e. The van der Waals surface area contributed by atoms with Gasteiger partial charge in [-0.15, -0.1) is 0 Å².